The third-order valence-electron chi connectivity index (χ3n) is 4.12. The zero-order chi connectivity index (χ0) is 17.9. The molecule has 4 rings (SSSR count). The van der Waals surface area contributed by atoms with Crippen LogP contribution < -0.4 is 5.56 Å². The lowest BCUT2D eigenvalue weighted by Gasteiger charge is -2.06. The molecule has 0 spiro atoms. The Hall–Kier alpha value is -3.47. The Balaban J connectivity index is 1.66. The van der Waals surface area contributed by atoms with Crippen molar-refractivity contribution in [3.05, 3.63) is 99.9 Å². The molecule has 0 fully saturated rings. The number of hydrogen-bond acceptors (Lipinski definition) is 3. The van der Waals surface area contributed by atoms with Crippen LogP contribution in [-0.4, -0.2) is 19.2 Å². The minimum atomic E-state index is -0.104. The van der Waals surface area contributed by atoms with Gasteiger partial charge in [0, 0.05) is 24.0 Å². The number of pyridine rings is 1. The lowest BCUT2D eigenvalue weighted by atomic mass is 10.2. The fraction of sp³-hybridized carbons (Fsp3) is 0.0952. The van der Waals surface area contributed by atoms with E-state index in [1.165, 1.54) is 0 Å². The molecule has 128 valence electrons. The Kier molecular flexibility index (Phi) is 4.19. The number of benzene rings is 1. The minimum absolute atomic E-state index is 0.104. The van der Waals surface area contributed by atoms with E-state index in [0.29, 0.717) is 17.9 Å². The molecule has 5 heteroatoms. The summed E-state index contributed by atoms with van der Waals surface area (Å²) in [4.78, 5) is 21.6. The molecule has 0 aliphatic carbocycles. The van der Waals surface area contributed by atoms with E-state index in [-0.39, 0.29) is 5.56 Å². The molecule has 0 saturated heterocycles. The maximum absolute atomic E-state index is 12.6. The highest BCUT2D eigenvalue weighted by molar-refractivity contribution is 5.66. The average molecular weight is 342 g/mol. The van der Waals surface area contributed by atoms with Crippen LogP contribution in [0.15, 0.2) is 71.7 Å². The molecular formula is C21H18N4O. The van der Waals surface area contributed by atoms with Crippen LogP contribution in [0.1, 0.15) is 22.6 Å². The van der Waals surface area contributed by atoms with E-state index in [0.717, 1.165) is 17.0 Å². The molecule has 5 nitrogen and oxygen atoms in total. The second-order valence-corrected chi connectivity index (χ2v) is 6.13. The third kappa shape index (κ3) is 3.32. The molecule has 0 radical (unpaired) electrons. The standard InChI is InChI=1S/C21H18N4O/c1-16-6-5-9-18(22-16)10-11-19-14-21(26)25-20(23-19)12-13-24(25)15-17-7-3-2-4-8-17/h2-14H,15H2,1H3. The highest BCUT2D eigenvalue weighted by Gasteiger charge is 2.06. The molecule has 3 heterocycles. The number of aromatic nitrogens is 4. The first kappa shape index (κ1) is 16.0. The maximum atomic E-state index is 12.6. The van der Waals surface area contributed by atoms with E-state index in [4.69, 9.17) is 0 Å². The number of aryl methyl sites for hydroxylation is 1. The Bertz CT molecular complexity index is 1140. The summed E-state index contributed by atoms with van der Waals surface area (Å²) >= 11 is 0. The molecule has 0 aliphatic rings. The highest BCUT2D eigenvalue weighted by Crippen LogP contribution is 2.08. The Morgan fingerprint density at radius 1 is 0.923 bits per heavy atom. The van der Waals surface area contributed by atoms with Gasteiger partial charge in [0.1, 0.15) is 0 Å². The van der Waals surface area contributed by atoms with Crippen molar-refractivity contribution in [3.63, 3.8) is 0 Å². The summed E-state index contributed by atoms with van der Waals surface area (Å²) in [5, 5.41) is 0. The molecular weight excluding hydrogens is 324 g/mol. The molecule has 4 aromatic rings. The van der Waals surface area contributed by atoms with Crippen LogP contribution in [0.3, 0.4) is 0 Å². The lowest BCUT2D eigenvalue weighted by molar-refractivity contribution is 0.620. The predicted molar refractivity (Wildman–Crippen MR) is 103 cm³/mol. The van der Waals surface area contributed by atoms with Gasteiger partial charge >= 0.3 is 0 Å². The molecule has 3 aromatic heterocycles. The van der Waals surface area contributed by atoms with Crippen molar-refractivity contribution in [2.45, 2.75) is 13.5 Å². The fourth-order valence-electron chi connectivity index (χ4n) is 2.90. The quantitative estimate of drug-likeness (QED) is 0.571. The van der Waals surface area contributed by atoms with Gasteiger partial charge in [0.25, 0.3) is 5.56 Å². The molecule has 26 heavy (non-hydrogen) atoms. The van der Waals surface area contributed by atoms with E-state index in [1.807, 2.05) is 84.6 Å². The molecule has 0 aliphatic heterocycles. The second-order valence-electron chi connectivity index (χ2n) is 6.13. The van der Waals surface area contributed by atoms with Gasteiger partial charge in [-0.15, -0.1) is 0 Å². The molecule has 0 saturated carbocycles. The van der Waals surface area contributed by atoms with E-state index in [9.17, 15) is 4.79 Å². The molecule has 0 amide bonds. The Labute approximate surface area is 150 Å². The van der Waals surface area contributed by atoms with E-state index in [2.05, 4.69) is 9.97 Å². The van der Waals surface area contributed by atoms with Gasteiger partial charge in [0.05, 0.1) is 17.9 Å². The van der Waals surface area contributed by atoms with Gasteiger partial charge in [-0.1, -0.05) is 36.4 Å². The second kappa shape index (κ2) is 6.80. The average Bonchev–Trinajstić information content (AvgIpc) is 3.04. The lowest BCUT2D eigenvalue weighted by Crippen LogP contribution is -2.21. The summed E-state index contributed by atoms with van der Waals surface area (Å²) in [6.07, 6.45) is 5.57. The zero-order valence-electron chi connectivity index (χ0n) is 14.4. The van der Waals surface area contributed by atoms with E-state index < -0.39 is 0 Å². The van der Waals surface area contributed by atoms with E-state index >= 15 is 0 Å². The highest BCUT2D eigenvalue weighted by atomic mass is 16.1. The summed E-state index contributed by atoms with van der Waals surface area (Å²) in [6, 6.07) is 19.3. The molecule has 0 unspecified atom stereocenters. The smallest absolute Gasteiger partial charge is 0.273 e. The Morgan fingerprint density at radius 3 is 2.54 bits per heavy atom. The third-order valence-corrected chi connectivity index (χ3v) is 4.12. The first-order valence-electron chi connectivity index (χ1n) is 8.44. The van der Waals surface area contributed by atoms with Gasteiger partial charge < -0.3 is 0 Å². The van der Waals surface area contributed by atoms with Crippen LogP contribution in [0.5, 0.6) is 0 Å². The van der Waals surface area contributed by atoms with Gasteiger partial charge in [0.15, 0.2) is 5.65 Å². The van der Waals surface area contributed by atoms with Crippen LogP contribution in [0.4, 0.5) is 0 Å². The summed E-state index contributed by atoms with van der Waals surface area (Å²) in [6.45, 7) is 2.57. The van der Waals surface area contributed by atoms with Crippen molar-refractivity contribution in [1.29, 1.82) is 0 Å². The van der Waals surface area contributed by atoms with Gasteiger partial charge in [-0.25, -0.2) is 4.98 Å². The van der Waals surface area contributed by atoms with Crippen LogP contribution in [0.25, 0.3) is 17.8 Å². The number of hydrogen-bond donors (Lipinski definition) is 0. The van der Waals surface area contributed by atoms with Crippen LogP contribution >= 0.6 is 0 Å². The summed E-state index contributed by atoms with van der Waals surface area (Å²) in [7, 11) is 0. The first-order chi connectivity index (χ1) is 12.7. The normalized spacial score (nSPS) is 11.4. The topological polar surface area (TPSA) is 52.2 Å². The van der Waals surface area contributed by atoms with Crippen molar-refractivity contribution >= 4 is 17.8 Å². The monoisotopic (exact) mass is 342 g/mol. The summed E-state index contributed by atoms with van der Waals surface area (Å²) in [5.41, 5.74) is 4.07. The largest absolute Gasteiger partial charge is 0.279 e. The van der Waals surface area contributed by atoms with Crippen molar-refractivity contribution in [2.24, 2.45) is 0 Å². The van der Waals surface area contributed by atoms with Gasteiger partial charge in [-0.3, -0.25) is 14.5 Å². The molecule has 0 bridgehead atoms. The minimum Gasteiger partial charge on any atom is -0.279 e. The molecule has 0 N–H and O–H groups in total. The summed E-state index contributed by atoms with van der Waals surface area (Å²) < 4.78 is 3.46. The Morgan fingerprint density at radius 2 is 1.73 bits per heavy atom. The van der Waals surface area contributed by atoms with Gasteiger partial charge in [-0.05, 0) is 36.8 Å². The van der Waals surface area contributed by atoms with Gasteiger partial charge in [0.2, 0.25) is 0 Å². The SMILES string of the molecule is Cc1cccc(C=Cc2cc(=O)n3c(ccn3Cc3ccccc3)n2)n1. The van der Waals surface area contributed by atoms with Crippen molar-refractivity contribution < 1.29 is 0 Å². The predicted octanol–water partition coefficient (Wildman–Crippen LogP) is 3.42. The van der Waals surface area contributed by atoms with Gasteiger partial charge in [-0.2, -0.15) is 4.52 Å². The number of nitrogens with zero attached hydrogens (tertiary/aromatic N) is 4. The summed E-state index contributed by atoms with van der Waals surface area (Å²) in [5.74, 6) is 0. The van der Waals surface area contributed by atoms with Crippen LogP contribution in [-0.2, 0) is 6.54 Å². The van der Waals surface area contributed by atoms with Crippen LogP contribution in [0, 0.1) is 6.92 Å². The first-order valence-corrected chi connectivity index (χ1v) is 8.44. The van der Waals surface area contributed by atoms with Crippen molar-refractivity contribution in [3.8, 4) is 0 Å². The number of fused-ring (bicyclic) bond motifs is 1. The molecule has 1 aromatic carbocycles. The van der Waals surface area contributed by atoms with Crippen molar-refractivity contribution in [1.82, 2.24) is 19.2 Å². The molecule has 0 atom stereocenters. The van der Waals surface area contributed by atoms with E-state index in [1.54, 1.807) is 10.6 Å². The maximum Gasteiger partial charge on any atom is 0.273 e. The van der Waals surface area contributed by atoms with Crippen LogP contribution in [0.2, 0.25) is 0 Å². The fourth-order valence-corrected chi connectivity index (χ4v) is 2.90. The number of rotatable bonds is 4. The van der Waals surface area contributed by atoms with Crippen molar-refractivity contribution in [2.75, 3.05) is 0 Å². The zero-order valence-corrected chi connectivity index (χ0v) is 14.4.